The summed E-state index contributed by atoms with van der Waals surface area (Å²) in [5.41, 5.74) is 0. The zero-order valence-electron chi connectivity index (χ0n) is 40.3. The second-order valence-corrected chi connectivity index (χ2v) is 18.0. The van der Waals surface area contributed by atoms with Crippen LogP contribution in [-0.4, -0.2) is 89.0 Å². The van der Waals surface area contributed by atoms with Crippen molar-refractivity contribution in [1.82, 2.24) is 0 Å². The van der Waals surface area contributed by atoms with Crippen LogP contribution >= 0.6 is 0 Å². The monoisotopic (exact) mass is 893 g/mol. The summed E-state index contributed by atoms with van der Waals surface area (Å²) in [5.74, 6) is -0.809. The molecule has 0 amide bonds. The van der Waals surface area contributed by atoms with E-state index in [1.54, 1.807) is 0 Å². The number of hydrogen-bond acceptors (Lipinski definition) is 10. The van der Waals surface area contributed by atoms with Crippen LogP contribution in [0.1, 0.15) is 232 Å². The van der Waals surface area contributed by atoms with Gasteiger partial charge in [0.25, 0.3) is 0 Å². The minimum absolute atomic E-state index is 0.219. The molecule has 1 aliphatic heterocycles. The second-order valence-electron chi connectivity index (χ2n) is 18.0. The van der Waals surface area contributed by atoms with Crippen molar-refractivity contribution in [1.29, 1.82) is 0 Å². The number of aliphatic hydroxyl groups excluding tert-OH is 4. The van der Waals surface area contributed by atoms with Crippen LogP contribution in [0.5, 0.6) is 0 Å². The van der Waals surface area contributed by atoms with Crippen LogP contribution in [-0.2, 0) is 28.5 Å². The molecule has 1 rings (SSSR count). The van der Waals surface area contributed by atoms with Gasteiger partial charge in [-0.15, -0.1) is 0 Å². The van der Waals surface area contributed by atoms with E-state index in [1.165, 1.54) is 148 Å². The van der Waals surface area contributed by atoms with Crippen LogP contribution in [0.2, 0.25) is 0 Å². The molecule has 6 atom stereocenters. The highest BCUT2D eigenvalue weighted by Crippen LogP contribution is 2.23. The Morgan fingerprint density at radius 2 is 0.889 bits per heavy atom. The molecule has 0 saturated carbocycles. The number of allylic oxidation sites excluding steroid dienone is 6. The Hall–Kier alpha value is -2.08. The van der Waals surface area contributed by atoms with E-state index in [1.807, 2.05) is 0 Å². The molecule has 1 aliphatic rings. The molecule has 0 spiro atoms. The summed E-state index contributed by atoms with van der Waals surface area (Å²) in [4.78, 5) is 25.5. The van der Waals surface area contributed by atoms with Gasteiger partial charge in [0, 0.05) is 12.8 Å². The van der Waals surface area contributed by atoms with E-state index in [0.717, 1.165) is 51.4 Å². The molecule has 1 heterocycles. The van der Waals surface area contributed by atoms with Gasteiger partial charge in [-0.25, -0.2) is 0 Å². The Morgan fingerprint density at radius 1 is 0.492 bits per heavy atom. The fourth-order valence-electron chi connectivity index (χ4n) is 7.86. The SMILES string of the molecule is CCCCC/C=C/C/C=C/CCCCCCCCCC(=O)O[C@@H](COC(=O)CCCCCCCCCCCCC/C=C/CCCCCCCC)CO[C@H]1O[C@@H](CO)[C@@H](O)C(O)C1O. The average molecular weight is 893 g/mol. The van der Waals surface area contributed by atoms with Crippen molar-refractivity contribution in [3.8, 4) is 0 Å². The summed E-state index contributed by atoms with van der Waals surface area (Å²) in [6.07, 6.45) is 44.3. The van der Waals surface area contributed by atoms with E-state index >= 15 is 0 Å². The fraction of sp³-hybridized carbons (Fsp3) is 0.849. The maximum Gasteiger partial charge on any atom is 0.306 e. The third-order valence-electron chi connectivity index (χ3n) is 12.0. The number of aliphatic hydroxyl groups is 4. The van der Waals surface area contributed by atoms with E-state index in [2.05, 4.69) is 50.3 Å². The van der Waals surface area contributed by atoms with Gasteiger partial charge in [-0.2, -0.15) is 0 Å². The van der Waals surface area contributed by atoms with Gasteiger partial charge in [0.05, 0.1) is 13.2 Å². The first-order chi connectivity index (χ1) is 30.8. The van der Waals surface area contributed by atoms with Crippen LogP contribution in [0.15, 0.2) is 36.5 Å². The van der Waals surface area contributed by atoms with Crippen molar-refractivity contribution in [3.05, 3.63) is 36.5 Å². The smallest absolute Gasteiger partial charge is 0.306 e. The molecule has 0 aromatic rings. The molecule has 0 bridgehead atoms. The number of rotatable bonds is 44. The van der Waals surface area contributed by atoms with E-state index in [9.17, 15) is 30.0 Å². The zero-order valence-corrected chi connectivity index (χ0v) is 40.3. The normalized spacial score (nSPS) is 19.7. The van der Waals surface area contributed by atoms with Crippen molar-refractivity contribution in [2.24, 2.45) is 0 Å². The Morgan fingerprint density at radius 3 is 1.37 bits per heavy atom. The lowest BCUT2D eigenvalue weighted by Gasteiger charge is -2.39. The summed E-state index contributed by atoms with van der Waals surface area (Å²) in [7, 11) is 0. The summed E-state index contributed by atoms with van der Waals surface area (Å²) < 4.78 is 22.2. The van der Waals surface area contributed by atoms with E-state index in [4.69, 9.17) is 18.9 Å². The summed E-state index contributed by atoms with van der Waals surface area (Å²) >= 11 is 0. The predicted molar refractivity (Wildman–Crippen MR) is 256 cm³/mol. The number of carbonyl (C=O) groups is 2. The largest absolute Gasteiger partial charge is 0.462 e. The van der Waals surface area contributed by atoms with Gasteiger partial charge in [0.15, 0.2) is 12.4 Å². The molecule has 368 valence electrons. The molecule has 2 unspecified atom stereocenters. The summed E-state index contributed by atoms with van der Waals surface area (Å²) in [6, 6.07) is 0. The molecule has 1 saturated heterocycles. The molecular formula is C53H96O10. The standard InChI is InChI=1S/C53H96O10/c1-3-5-7-9-11-13-15-17-19-21-22-23-24-26-27-29-31-33-35-37-39-41-48(55)60-44-46(45-61-53-52(59)51(58)50(57)47(43-54)63-53)62-49(56)42-40-38-36-34-32-30-28-25-20-18-16-14-12-10-8-6-4-2/h12,14,17-20,46-47,50-54,57-59H,3-11,13,15-16,21-45H2,1-2H3/b14-12+,19-17+,20-18+/t46-,47-,50+,51?,52?,53-/m0/s1. The third kappa shape index (κ3) is 34.9. The first-order valence-electron chi connectivity index (χ1n) is 26.1. The van der Waals surface area contributed by atoms with Crippen LogP contribution in [0.4, 0.5) is 0 Å². The summed E-state index contributed by atoms with van der Waals surface area (Å²) in [5, 5.41) is 40.2. The number of esters is 2. The number of carbonyl (C=O) groups excluding carboxylic acids is 2. The Kier molecular flexibility index (Phi) is 41.0. The van der Waals surface area contributed by atoms with E-state index in [-0.39, 0.29) is 32.0 Å². The maximum absolute atomic E-state index is 12.8. The van der Waals surface area contributed by atoms with Gasteiger partial charge in [-0.05, 0) is 70.6 Å². The highest BCUT2D eigenvalue weighted by Gasteiger charge is 2.44. The second kappa shape index (κ2) is 43.8. The van der Waals surface area contributed by atoms with Crippen LogP contribution in [0.25, 0.3) is 0 Å². The minimum Gasteiger partial charge on any atom is -0.462 e. The van der Waals surface area contributed by atoms with Gasteiger partial charge < -0.3 is 39.4 Å². The Balaban J connectivity index is 2.25. The van der Waals surface area contributed by atoms with Crippen molar-refractivity contribution >= 4 is 11.9 Å². The van der Waals surface area contributed by atoms with Crippen LogP contribution in [0.3, 0.4) is 0 Å². The van der Waals surface area contributed by atoms with Crippen molar-refractivity contribution < 1.29 is 49.0 Å². The molecule has 0 aromatic heterocycles. The molecule has 1 fully saturated rings. The molecule has 0 radical (unpaired) electrons. The lowest BCUT2D eigenvalue weighted by molar-refractivity contribution is -0.305. The predicted octanol–water partition coefficient (Wildman–Crippen LogP) is 12.2. The average Bonchev–Trinajstić information content (AvgIpc) is 3.28. The quantitative estimate of drug-likeness (QED) is 0.0264. The number of ether oxygens (including phenoxy) is 4. The van der Waals surface area contributed by atoms with Crippen LogP contribution in [0, 0.1) is 0 Å². The van der Waals surface area contributed by atoms with Gasteiger partial charge in [-0.1, -0.05) is 185 Å². The van der Waals surface area contributed by atoms with Gasteiger partial charge in [0.1, 0.15) is 31.0 Å². The Bertz CT molecular complexity index is 1120. The van der Waals surface area contributed by atoms with Gasteiger partial charge in [-0.3, -0.25) is 9.59 Å². The first-order valence-corrected chi connectivity index (χ1v) is 26.1. The van der Waals surface area contributed by atoms with Crippen molar-refractivity contribution in [2.75, 3.05) is 19.8 Å². The fourth-order valence-corrected chi connectivity index (χ4v) is 7.86. The van der Waals surface area contributed by atoms with Crippen molar-refractivity contribution in [2.45, 2.75) is 269 Å². The van der Waals surface area contributed by atoms with E-state index < -0.39 is 49.4 Å². The Labute approximate surface area is 385 Å². The lowest BCUT2D eigenvalue weighted by Crippen LogP contribution is -2.59. The zero-order chi connectivity index (χ0) is 45.9. The molecule has 4 N–H and O–H groups in total. The number of unbranched alkanes of at least 4 members (excludes halogenated alkanes) is 27. The summed E-state index contributed by atoms with van der Waals surface area (Å²) in [6.45, 7) is 3.41. The topological polar surface area (TPSA) is 152 Å². The molecule has 0 aromatic carbocycles. The first kappa shape index (κ1) is 58.9. The molecule has 63 heavy (non-hydrogen) atoms. The molecule has 10 heteroatoms. The van der Waals surface area contributed by atoms with E-state index in [0.29, 0.717) is 6.42 Å². The van der Waals surface area contributed by atoms with Crippen molar-refractivity contribution in [3.63, 3.8) is 0 Å². The highest BCUT2D eigenvalue weighted by molar-refractivity contribution is 5.70. The third-order valence-corrected chi connectivity index (χ3v) is 12.0. The highest BCUT2D eigenvalue weighted by atomic mass is 16.7. The van der Waals surface area contributed by atoms with Gasteiger partial charge >= 0.3 is 11.9 Å². The maximum atomic E-state index is 12.8. The molecule has 0 aliphatic carbocycles. The number of hydrogen-bond donors (Lipinski definition) is 4. The molecule has 10 nitrogen and oxygen atoms in total. The lowest BCUT2D eigenvalue weighted by atomic mass is 9.99. The van der Waals surface area contributed by atoms with Gasteiger partial charge in [0.2, 0.25) is 0 Å². The minimum atomic E-state index is -1.60. The molecular weight excluding hydrogens is 797 g/mol. The van der Waals surface area contributed by atoms with Crippen LogP contribution < -0.4 is 0 Å².